The van der Waals surface area contributed by atoms with Gasteiger partial charge >= 0.3 is 0 Å². The van der Waals surface area contributed by atoms with Gasteiger partial charge in [0.25, 0.3) is 0 Å². The van der Waals surface area contributed by atoms with Crippen LogP contribution in [0, 0.1) is 6.92 Å². The standard InChI is InChI=1S/C10H12N2/c1-8-7-12(11-2)10-6-4-3-5-9(8)10/h3-7,11H,1-2H3. The molecule has 1 N–H and O–H groups in total. The molecule has 0 spiro atoms. The van der Waals surface area contributed by atoms with E-state index in [4.69, 9.17) is 0 Å². The second-order valence-corrected chi connectivity index (χ2v) is 2.92. The van der Waals surface area contributed by atoms with Crippen LogP contribution >= 0.6 is 0 Å². The van der Waals surface area contributed by atoms with Crippen LogP contribution in [0.2, 0.25) is 0 Å². The van der Waals surface area contributed by atoms with Crippen molar-refractivity contribution in [2.75, 3.05) is 12.5 Å². The molecule has 12 heavy (non-hydrogen) atoms. The van der Waals surface area contributed by atoms with Crippen LogP contribution in [-0.2, 0) is 0 Å². The van der Waals surface area contributed by atoms with E-state index in [9.17, 15) is 0 Å². The summed E-state index contributed by atoms with van der Waals surface area (Å²) in [6, 6.07) is 8.36. The van der Waals surface area contributed by atoms with Gasteiger partial charge in [0.05, 0.1) is 5.52 Å². The van der Waals surface area contributed by atoms with E-state index in [1.807, 2.05) is 11.7 Å². The maximum absolute atomic E-state index is 3.11. The zero-order valence-electron chi connectivity index (χ0n) is 7.33. The number of rotatable bonds is 1. The zero-order chi connectivity index (χ0) is 8.55. The number of nitrogens with one attached hydrogen (secondary N) is 1. The molecular weight excluding hydrogens is 148 g/mol. The summed E-state index contributed by atoms with van der Waals surface area (Å²) in [4.78, 5) is 0. The molecule has 2 nitrogen and oxygen atoms in total. The maximum atomic E-state index is 3.11. The summed E-state index contributed by atoms with van der Waals surface area (Å²) in [5, 5.41) is 1.31. The molecule has 1 aromatic heterocycles. The van der Waals surface area contributed by atoms with Crippen molar-refractivity contribution in [3.8, 4) is 0 Å². The van der Waals surface area contributed by atoms with Gasteiger partial charge in [-0.2, -0.15) is 0 Å². The van der Waals surface area contributed by atoms with Gasteiger partial charge in [0.1, 0.15) is 0 Å². The fraction of sp³-hybridized carbons (Fsp3) is 0.200. The molecule has 0 unspecified atom stereocenters. The second-order valence-electron chi connectivity index (χ2n) is 2.92. The summed E-state index contributed by atoms with van der Waals surface area (Å²) in [5.41, 5.74) is 5.65. The molecule has 1 heterocycles. The molecule has 62 valence electrons. The second kappa shape index (κ2) is 2.55. The van der Waals surface area contributed by atoms with E-state index in [0.717, 1.165) is 0 Å². The molecule has 1 aromatic carbocycles. The predicted molar refractivity (Wildman–Crippen MR) is 52.0 cm³/mol. The van der Waals surface area contributed by atoms with Crippen molar-refractivity contribution in [1.82, 2.24) is 4.68 Å². The number of nitrogens with zero attached hydrogens (tertiary/aromatic N) is 1. The molecule has 0 saturated heterocycles. The summed E-state index contributed by atoms with van der Waals surface area (Å²) in [6.07, 6.45) is 2.10. The molecule has 0 saturated carbocycles. The highest BCUT2D eigenvalue weighted by molar-refractivity contribution is 5.83. The van der Waals surface area contributed by atoms with Crippen LogP contribution in [0.5, 0.6) is 0 Å². The van der Waals surface area contributed by atoms with Gasteiger partial charge in [-0.25, -0.2) is 0 Å². The van der Waals surface area contributed by atoms with Crippen molar-refractivity contribution in [2.24, 2.45) is 0 Å². The molecule has 0 radical (unpaired) electrons. The Bertz CT molecular complexity index is 401. The van der Waals surface area contributed by atoms with Gasteiger partial charge in [-0.3, -0.25) is 4.68 Å². The number of aromatic nitrogens is 1. The van der Waals surface area contributed by atoms with Crippen LogP contribution < -0.4 is 5.43 Å². The molecular formula is C10H12N2. The molecule has 2 heteroatoms. The quantitative estimate of drug-likeness (QED) is 0.676. The molecule has 0 atom stereocenters. The zero-order valence-corrected chi connectivity index (χ0v) is 7.33. The van der Waals surface area contributed by atoms with E-state index in [2.05, 4.69) is 42.8 Å². The van der Waals surface area contributed by atoms with E-state index in [1.54, 1.807) is 0 Å². The summed E-state index contributed by atoms with van der Waals surface area (Å²) >= 11 is 0. The molecule has 0 aliphatic carbocycles. The van der Waals surface area contributed by atoms with Gasteiger partial charge in [-0.05, 0) is 18.6 Å². The summed E-state index contributed by atoms with van der Waals surface area (Å²) in [6.45, 7) is 2.12. The SMILES string of the molecule is CNn1cc(C)c2ccccc21. The Morgan fingerprint density at radius 1 is 1.25 bits per heavy atom. The Hall–Kier alpha value is -1.44. The number of benzene rings is 1. The first-order chi connectivity index (χ1) is 5.83. The average Bonchev–Trinajstić information content (AvgIpc) is 2.44. The lowest BCUT2D eigenvalue weighted by molar-refractivity contribution is 0.971. The Morgan fingerprint density at radius 2 is 2.00 bits per heavy atom. The average molecular weight is 160 g/mol. The molecule has 0 aliphatic rings. The highest BCUT2D eigenvalue weighted by Crippen LogP contribution is 2.18. The Morgan fingerprint density at radius 3 is 2.75 bits per heavy atom. The highest BCUT2D eigenvalue weighted by atomic mass is 15.4. The third-order valence-electron chi connectivity index (χ3n) is 2.15. The van der Waals surface area contributed by atoms with Gasteiger partial charge in [0.2, 0.25) is 0 Å². The third-order valence-corrected chi connectivity index (χ3v) is 2.15. The normalized spacial score (nSPS) is 10.5. The van der Waals surface area contributed by atoms with Crippen LogP contribution in [0.1, 0.15) is 5.56 Å². The van der Waals surface area contributed by atoms with Gasteiger partial charge in [0.15, 0.2) is 0 Å². The van der Waals surface area contributed by atoms with Crippen molar-refractivity contribution < 1.29 is 0 Å². The van der Waals surface area contributed by atoms with Crippen LogP contribution in [0.15, 0.2) is 30.5 Å². The minimum Gasteiger partial charge on any atom is -0.329 e. The van der Waals surface area contributed by atoms with E-state index in [0.29, 0.717) is 0 Å². The van der Waals surface area contributed by atoms with Crippen LogP contribution in [0.4, 0.5) is 0 Å². The van der Waals surface area contributed by atoms with Crippen molar-refractivity contribution in [2.45, 2.75) is 6.92 Å². The number of hydrogen-bond acceptors (Lipinski definition) is 1. The first-order valence-corrected chi connectivity index (χ1v) is 4.07. The fourth-order valence-electron chi connectivity index (χ4n) is 1.53. The lowest BCUT2D eigenvalue weighted by atomic mass is 10.2. The summed E-state index contributed by atoms with van der Waals surface area (Å²) in [7, 11) is 1.92. The highest BCUT2D eigenvalue weighted by Gasteiger charge is 2.01. The van der Waals surface area contributed by atoms with E-state index >= 15 is 0 Å². The molecule has 0 amide bonds. The van der Waals surface area contributed by atoms with E-state index in [1.165, 1.54) is 16.5 Å². The molecule has 0 aliphatic heterocycles. The number of para-hydroxylation sites is 1. The lowest BCUT2D eigenvalue weighted by Crippen LogP contribution is -2.05. The van der Waals surface area contributed by atoms with Crippen molar-refractivity contribution in [3.05, 3.63) is 36.0 Å². The van der Waals surface area contributed by atoms with Gasteiger partial charge in [-0.15, -0.1) is 0 Å². The third kappa shape index (κ3) is 0.881. The van der Waals surface area contributed by atoms with Gasteiger partial charge in [0, 0.05) is 18.6 Å². The lowest BCUT2D eigenvalue weighted by Gasteiger charge is -2.01. The number of fused-ring (bicyclic) bond motifs is 1. The molecule has 0 fully saturated rings. The summed E-state index contributed by atoms with van der Waals surface area (Å²) < 4.78 is 2.03. The number of aryl methyl sites for hydroxylation is 1. The maximum Gasteiger partial charge on any atom is 0.0694 e. The van der Waals surface area contributed by atoms with Crippen molar-refractivity contribution in [1.29, 1.82) is 0 Å². The van der Waals surface area contributed by atoms with Gasteiger partial charge < -0.3 is 5.43 Å². The van der Waals surface area contributed by atoms with Crippen molar-refractivity contribution in [3.63, 3.8) is 0 Å². The Labute approximate surface area is 71.8 Å². The van der Waals surface area contributed by atoms with Crippen LogP contribution in [0.3, 0.4) is 0 Å². The van der Waals surface area contributed by atoms with Crippen LogP contribution in [-0.4, -0.2) is 11.7 Å². The number of hydrogen-bond donors (Lipinski definition) is 1. The smallest absolute Gasteiger partial charge is 0.0694 e. The summed E-state index contributed by atoms with van der Waals surface area (Å²) in [5.74, 6) is 0. The molecule has 2 rings (SSSR count). The topological polar surface area (TPSA) is 17.0 Å². The van der Waals surface area contributed by atoms with Crippen molar-refractivity contribution >= 4 is 10.9 Å². The van der Waals surface area contributed by atoms with E-state index in [-0.39, 0.29) is 0 Å². The van der Waals surface area contributed by atoms with Gasteiger partial charge in [-0.1, -0.05) is 18.2 Å². The monoisotopic (exact) mass is 160 g/mol. The Balaban J connectivity index is 2.82. The minimum absolute atomic E-state index is 1.23. The minimum atomic E-state index is 1.23. The van der Waals surface area contributed by atoms with E-state index < -0.39 is 0 Å². The fourth-order valence-corrected chi connectivity index (χ4v) is 1.53. The molecule has 2 aromatic rings. The first-order valence-electron chi connectivity index (χ1n) is 4.07. The molecule has 0 bridgehead atoms. The largest absolute Gasteiger partial charge is 0.329 e. The first kappa shape index (κ1) is 7.22. The predicted octanol–water partition coefficient (Wildman–Crippen LogP) is 2.12. The Kier molecular flexibility index (Phi) is 1.54. The van der Waals surface area contributed by atoms with Crippen LogP contribution in [0.25, 0.3) is 10.9 Å².